The summed E-state index contributed by atoms with van der Waals surface area (Å²) >= 11 is 5.92. The largest absolute Gasteiger partial charge is 0.311 e. The Morgan fingerprint density at radius 2 is 1.72 bits per heavy atom. The highest BCUT2D eigenvalue weighted by atomic mass is 35.5. The van der Waals surface area contributed by atoms with E-state index >= 15 is 0 Å². The van der Waals surface area contributed by atoms with Crippen molar-refractivity contribution in [2.24, 2.45) is 0 Å². The zero-order valence-corrected chi connectivity index (χ0v) is 15.4. The van der Waals surface area contributed by atoms with Crippen molar-refractivity contribution in [2.75, 3.05) is 6.54 Å². The Kier molecular flexibility index (Phi) is 5.84. The van der Waals surface area contributed by atoms with E-state index in [1.54, 1.807) is 4.80 Å². The second-order valence-corrected chi connectivity index (χ2v) is 6.77. The molecule has 3 aromatic rings. The number of nitrogens with one attached hydrogen (secondary N) is 1. The molecule has 1 heterocycles. The van der Waals surface area contributed by atoms with E-state index in [2.05, 4.69) is 53.6 Å². The van der Waals surface area contributed by atoms with Gasteiger partial charge in [0.25, 0.3) is 0 Å². The lowest BCUT2D eigenvalue weighted by Crippen LogP contribution is -2.17. The topological polar surface area (TPSA) is 42.7 Å². The van der Waals surface area contributed by atoms with Gasteiger partial charge in [-0.15, -0.1) is 0 Å². The van der Waals surface area contributed by atoms with Gasteiger partial charge in [0.1, 0.15) is 11.4 Å². The smallest absolute Gasteiger partial charge is 0.117 e. The molecule has 0 spiro atoms. The van der Waals surface area contributed by atoms with Crippen LogP contribution in [0, 0.1) is 0 Å². The normalized spacial score (nSPS) is 11.2. The van der Waals surface area contributed by atoms with Crippen LogP contribution < -0.4 is 5.32 Å². The summed E-state index contributed by atoms with van der Waals surface area (Å²) in [5.74, 6) is 0. The summed E-state index contributed by atoms with van der Waals surface area (Å²) in [4.78, 5) is 1.79. The van der Waals surface area contributed by atoms with Gasteiger partial charge in [-0.05, 0) is 44.5 Å². The molecule has 130 valence electrons. The minimum absolute atomic E-state index is 0.241. The predicted molar refractivity (Wildman–Crippen MR) is 103 cm³/mol. The second kappa shape index (κ2) is 8.28. The lowest BCUT2D eigenvalue weighted by atomic mass is 10.1. The van der Waals surface area contributed by atoms with Gasteiger partial charge in [0, 0.05) is 17.1 Å². The number of halogens is 1. The van der Waals surface area contributed by atoms with Crippen molar-refractivity contribution in [2.45, 2.75) is 32.9 Å². The van der Waals surface area contributed by atoms with Gasteiger partial charge < -0.3 is 5.32 Å². The molecule has 0 aliphatic heterocycles. The van der Waals surface area contributed by atoms with Crippen molar-refractivity contribution in [3.63, 3.8) is 0 Å². The molecular weight excluding hydrogens is 332 g/mol. The number of benzene rings is 2. The van der Waals surface area contributed by atoms with E-state index in [-0.39, 0.29) is 6.04 Å². The Morgan fingerprint density at radius 1 is 1.00 bits per heavy atom. The number of hydrogen-bond acceptors (Lipinski definition) is 3. The van der Waals surface area contributed by atoms with Crippen molar-refractivity contribution in [1.29, 1.82) is 0 Å². The minimum atomic E-state index is 0.241. The Labute approximate surface area is 153 Å². The molecular formula is C20H23ClN4. The first kappa shape index (κ1) is 17.6. The zero-order valence-electron chi connectivity index (χ0n) is 14.6. The molecule has 0 bridgehead atoms. The summed E-state index contributed by atoms with van der Waals surface area (Å²) in [5.41, 5.74) is 4.30. The molecule has 25 heavy (non-hydrogen) atoms. The van der Waals surface area contributed by atoms with Crippen LogP contribution in [0.4, 0.5) is 0 Å². The van der Waals surface area contributed by atoms with Crippen molar-refractivity contribution in [3.05, 3.63) is 70.9 Å². The second-order valence-electron chi connectivity index (χ2n) is 6.33. The van der Waals surface area contributed by atoms with Crippen LogP contribution in [0.15, 0.2) is 54.6 Å². The maximum atomic E-state index is 5.92. The Hall–Kier alpha value is -2.17. The van der Waals surface area contributed by atoms with Gasteiger partial charge in [-0.25, -0.2) is 0 Å². The highest BCUT2D eigenvalue weighted by Crippen LogP contribution is 2.21. The van der Waals surface area contributed by atoms with Crippen LogP contribution >= 0.6 is 11.6 Å². The molecule has 5 heteroatoms. The molecule has 1 N–H and O–H groups in total. The molecule has 0 saturated carbocycles. The highest BCUT2D eigenvalue weighted by molar-refractivity contribution is 6.30. The van der Waals surface area contributed by atoms with Crippen molar-refractivity contribution in [1.82, 2.24) is 20.3 Å². The average molecular weight is 355 g/mol. The Bertz CT molecular complexity index is 794. The number of rotatable bonds is 7. The monoisotopic (exact) mass is 354 g/mol. The maximum Gasteiger partial charge on any atom is 0.117 e. The van der Waals surface area contributed by atoms with Gasteiger partial charge in [0.05, 0.1) is 6.04 Å². The first-order valence-electron chi connectivity index (χ1n) is 8.60. The van der Waals surface area contributed by atoms with Crippen molar-refractivity contribution < 1.29 is 0 Å². The van der Waals surface area contributed by atoms with Crippen LogP contribution in [0.1, 0.15) is 31.1 Å². The average Bonchev–Trinajstić information content (AvgIpc) is 3.05. The van der Waals surface area contributed by atoms with Gasteiger partial charge >= 0.3 is 0 Å². The molecule has 0 saturated heterocycles. The van der Waals surface area contributed by atoms with E-state index in [9.17, 15) is 0 Å². The lowest BCUT2D eigenvalue weighted by Gasteiger charge is -2.05. The number of aromatic nitrogens is 3. The Balaban J connectivity index is 1.66. The van der Waals surface area contributed by atoms with E-state index in [0.717, 1.165) is 34.9 Å². The fraction of sp³-hybridized carbons (Fsp3) is 0.300. The third-order valence-corrected chi connectivity index (χ3v) is 4.26. The molecule has 0 fully saturated rings. The molecule has 3 rings (SSSR count). The summed E-state index contributed by atoms with van der Waals surface area (Å²) in [5, 5.41) is 13.6. The van der Waals surface area contributed by atoms with Crippen LogP contribution in [0.2, 0.25) is 5.02 Å². The quantitative estimate of drug-likeness (QED) is 0.635. The van der Waals surface area contributed by atoms with Crippen LogP contribution in [-0.4, -0.2) is 21.5 Å². The van der Waals surface area contributed by atoms with Crippen molar-refractivity contribution in [3.8, 4) is 11.3 Å². The van der Waals surface area contributed by atoms with E-state index in [1.165, 1.54) is 5.56 Å². The fourth-order valence-corrected chi connectivity index (χ4v) is 2.74. The standard InChI is InChI=1S/C20H23ClN4/c1-15(2)25-23-19(20(24-25)17-6-4-3-5-7-17)14-22-13-12-16-8-10-18(21)11-9-16/h3-11,15,22H,12-14H2,1-2H3. The van der Waals surface area contributed by atoms with Gasteiger partial charge in [-0.2, -0.15) is 15.0 Å². The summed E-state index contributed by atoms with van der Waals surface area (Å²) in [6.45, 7) is 5.76. The molecule has 0 radical (unpaired) electrons. The third-order valence-electron chi connectivity index (χ3n) is 4.00. The van der Waals surface area contributed by atoms with E-state index in [4.69, 9.17) is 11.6 Å². The van der Waals surface area contributed by atoms with Gasteiger partial charge in [0.2, 0.25) is 0 Å². The third kappa shape index (κ3) is 4.68. The molecule has 2 aromatic carbocycles. The van der Waals surface area contributed by atoms with Crippen LogP contribution in [0.3, 0.4) is 0 Å². The molecule has 0 aliphatic rings. The Morgan fingerprint density at radius 3 is 2.40 bits per heavy atom. The molecule has 0 unspecified atom stereocenters. The van der Waals surface area contributed by atoms with Crippen molar-refractivity contribution >= 4 is 11.6 Å². The van der Waals surface area contributed by atoms with E-state index < -0.39 is 0 Å². The predicted octanol–water partition coefficient (Wildman–Crippen LogP) is 4.51. The molecule has 4 nitrogen and oxygen atoms in total. The minimum Gasteiger partial charge on any atom is -0.311 e. The van der Waals surface area contributed by atoms with Gasteiger partial charge in [-0.3, -0.25) is 0 Å². The summed E-state index contributed by atoms with van der Waals surface area (Å²) in [6.07, 6.45) is 0.955. The number of nitrogens with zero attached hydrogens (tertiary/aromatic N) is 3. The molecule has 0 amide bonds. The zero-order chi connectivity index (χ0) is 17.6. The van der Waals surface area contributed by atoms with Crippen LogP contribution in [0.5, 0.6) is 0 Å². The van der Waals surface area contributed by atoms with Gasteiger partial charge in [0.15, 0.2) is 0 Å². The molecule has 1 aromatic heterocycles. The molecule has 0 aliphatic carbocycles. The summed E-state index contributed by atoms with van der Waals surface area (Å²) in [7, 11) is 0. The summed E-state index contributed by atoms with van der Waals surface area (Å²) < 4.78 is 0. The molecule has 0 atom stereocenters. The van der Waals surface area contributed by atoms with E-state index in [1.807, 2.05) is 30.3 Å². The summed E-state index contributed by atoms with van der Waals surface area (Å²) in [6, 6.07) is 18.5. The first-order chi connectivity index (χ1) is 12.1. The van der Waals surface area contributed by atoms with Crippen LogP contribution in [0.25, 0.3) is 11.3 Å². The lowest BCUT2D eigenvalue weighted by molar-refractivity contribution is 0.462. The number of hydrogen-bond donors (Lipinski definition) is 1. The van der Waals surface area contributed by atoms with E-state index in [0.29, 0.717) is 6.54 Å². The first-order valence-corrected chi connectivity index (χ1v) is 8.97. The highest BCUT2D eigenvalue weighted by Gasteiger charge is 2.14. The maximum absolute atomic E-state index is 5.92. The van der Waals surface area contributed by atoms with Crippen LogP contribution in [-0.2, 0) is 13.0 Å². The SMILES string of the molecule is CC(C)n1nc(CNCCc2ccc(Cl)cc2)c(-c2ccccc2)n1. The van der Waals surface area contributed by atoms with Gasteiger partial charge in [-0.1, -0.05) is 54.1 Å². The fourth-order valence-electron chi connectivity index (χ4n) is 2.61.